The van der Waals surface area contributed by atoms with E-state index < -0.39 is 0 Å². The van der Waals surface area contributed by atoms with Crippen LogP contribution in [0.2, 0.25) is 0 Å². The molecule has 1 fully saturated rings. The molecule has 1 saturated heterocycles. The molecule has 0 radical (unpaired) electrons. The van der Waals surface area contributed by atoms with Crippen molar-refractivity contribution in [2.75, 3.05) is 19.7 Å². The first kappa shape index (κ1) is 14.7. The van der Waals surface area contributed by atoms with Crippen molar-refractivity contribution in [1.29, 1.82) is 0 Å². The summed E-state index contributed by atoms with van der Waals surface area (Å²) >= 11 is 0. The van der Waals surface area contributed by atoms with Gasteiger partial charge in [0.1, 0.15) is 6.10 Å². The summed E-state index contributed by atoms with van der Waals surface area (Å²) in [6.07, 6.45) is 5.66. The van der Waals surface area contributed by atoms with Crippen LogP contribution in [0.4, 0.5) is 0 Å². The SMILES string of the molecule is Cc1ccnn1CCC(=O)N1CCO[C@@H](c2ccncc2)C1. The topological polar surface area (TPSA) is 60.2 Å². The molecule has 0 aromatic carbocycles. The van der Waals surface area contributed by atoms with Crippen molar-refractivity contribution in [1.82, 2.24) is 19.7 Å². The number of hydrogen-bond acceptors (Lipinski definition) is 4. The standard InChI is InChI=1S/C16H20N4O2/c1-13-2-8-18-20(13)9-5-16(21)19-10-11-22-15(12-19)14-3-6-17-7-4-14/h2-4,6-8,15H,5,9-12H2,1H3/t15-/m1/s1. The number of carbonyl (C=O) groups is 1. The zero-order chi connectivity index (χ0) is 15.4. The second-order valence-corrected chi connectivity index (χ2v) is 5.43. The van der Waals surface area contributed by atoms with Gasteiger partial charge in [-0.25, -0.2) is 0 Å². The quantitative estimate of drug-likeness (QED) is 0.860. The predicted molar refractivity (Wildman–Crippen MR) is 81.1 cm³/mol. The van der Waals surface area contributed by atoms with E-state index in [1.165, 1.54) is 0 Å². The lowest BCUT2D eigenvalue weighted by molar-refractivity contribution is -0.139. The summed E-state index contributed by atoms with van der Waals surface area (Å²) in [5.74, 6) is 0.150. The van der Waals surface area contributed by atoms with E-state index in [1.807, 2.05) is 34.7 Å². The van der Waals surface area contributed by atoms with Crippen LogP contribution in [0, 0.1) is 6.92 Å². The summed E-state index contributed by atoms with van der Waals surface area (Å²) in [4.78, 5) is 18.3. The molecule has 1 atom stereocenters. The highest BCUT2D eigenvalue weighted by molar-refractivity contribution is 5.76. The van der Waals surface area contributed by atoms with E-state index in [-0.39, 0.29) is 12.0 Å². The number of nitrogens with zero attached hydrogens (tertiary/aromatic N) is 4. The largest absolute Gasteiger partial charge is 0.370 e. The summed E-state index contributed by atoms with van der Waals surface area (Å²) in [5, 5.41) is 4.21. The minimum Gasteiger partial charge on any atom is -0.370 e. The molecule has 1 amide bonds. The van der Waals surface area contributed by atoms with Crippen molar-refractivity contribution in [3.8, 4) is 0 Å². The maximum absolute atomic E-state index is 12.4. The lowest BCUT2D eigenvalue weighted by Gasteiger charge is -2.33. The van der Waals surface area contributed by atoms with Gasteiger partial charge >= 0.3 is 0 Å². The van der Waals surface area contributed by atoms with E-state index in [0.717, 1.165) is 11.3 Å². The highest BCUT2D eigenvalue weighted by Crippen LogP contribution is 2.21. The Morgan fingerprint density at radius 2 is 2.14 bits per heavy atom. The molecule has 0 N–H and O–H groups in total. The first-order chi connectivity index (χ1) is 10.7. The third-order valence-corrected chi connectivity index (χ3v) is 3.96. The number of ether oxygens (including phenoxy) is 1. The highest BCUT2D eigenvalue weighted by Gasteiger charge is 2.25. The van der Waals surface area contributed by atoms with E-state index in [4.69, 9.17) is 4.74 Å². The predicted octanol–water partition coefficient (Wildman–Crippen LogP) is 1.58. The van der Waals surface area contributed by atoms with Crippen molar-refractivity contribution in [3.63, 3.8) is 0 Å². The minimum absolute atomic E-state index is 0.0628. The first-order valence-corrected chi connectivity index (χ1v) is 7.52. The highest BCUT2D eigenvalue weighted by atomic mass is 16.5. The summed E-state index contributed by atoms with van der Waals surface area (Å²) in [6, 6.07) is 5.82. The van der Waals surface area contributed by atoms with Crippen molar-refractivity contribution in [2.24, 2.45) is 0 Å². The van der Waals surface area contributed by atoms with Crippen LogP contribution in [0.5, 0.6) is 0 Å². The van der Waals surface area contributed by atoms with Crippen LogP contribution in [-0.2, 0) is 16.1 Å². The van der Waals surface area contributed by atoms with Crippen molar-refractivity contribution < 1.29 is 9.53 Å². The van der Waals surface area contributed by atoms with Crippen LogP contribution in [0.1, 0.15) is 23.8 Å². The van der Waals surface area contributed by atoms with Gasteiger partial charge in [-0.15, -0.1) is 0 Å². The molecule has 0 aliphatic carbocycles. The molecule has 3 heterocycles. The van der Waals surface area contributed by atoms with Crippen LogP contribution < -0.4 is 0 Å². The molecule has 1 aliphatic rings. The van der Waals surface area contributed by atoms with Crippen LogP contribution in [0.25, 0.3) is 0 Å². The normalized spacial score (nSPS) is 18.4. The van der Waals surface area contributed by atoms with Gasteiger partial charge in [0.25, 0.3) is 0 Å². The Labute approximate surface area is 129 Å². The molecule has 2 aromatic rings. The molecule has 116 valence electrons. The van der Waals surface area contributed by atoms with Gasteiger partial charge in [0.05, 0.1) is 13.2 Å². The van der Waals surface area contributed by atoms with E-state index in [2.05, 4.69) is 10.1 Å². The van der Waals surface area contributed by atoms with Crippen molar-refractivity contribution in [2.45, 2.75) is 26.0 Å². The third-order valence-electron chi connectivity index (χ3n) is 3.96. The monoisotopic (exact) mass is 300 g/mol. The molecular weight excluding hydrogens is 280 g/mol. The number of pyridine rings is 1. The summed E-state index contributed by atoms with van der Waals surface area (Å²) < 4.78 is 7.63. The Kier molecular flexibility index (Phi) is 4.48. The van der Waals surface area contributed by atoms with Gasteiger partial charge in [-0.1, -0.05) is 0 Å². The third kappa shape index (κ3) is 3.33. The zero-order valence-electron chi connectivity index (χ0n) is 12.7. The Bertz CT molecular complexity index is 626. The molecule has 0 unspecified atom stereocenters. The molecule has 2 aromatic heterocycles. The van der Waals surface area contributed by atoms with Gasteiger partial charge < -0.3 is 9.64 Å². The van der Waals surface area contributed by atoms with Crippen LogP contribution in [-0.4, -0.2) is 45.3 Å². The molecule has 6 nitrogen and oxygen atoms in total. The summed E-state index contributed by atoms with van der Waals surface area (Å²) in [7, 11) is 0. The van der Waals surface area contributed by atoms with Gasteiger partial charge in [-0.05, 0) is 30.7 Å². The van der Waals surface area contributed by atoms with Crippen molar-refractivity contribution >= 4 is 5.91 Å². The minimum atomic E-state index is -0.0628. The lowest BCUT2D eigenvalue weighted by atomic mass is 10.1. The second kappa shape index (κ2) is 6.70. The Morgan fingerprint density at radius 1 is 1.32 bits per heavy atom. The average molecular weight is 300 g/mol. The van der Waals surface area contributed by atoms with Gasteiger partial charge in [0.2, 0.25) is 5.91 Å². The molecule has 1 aliphatic heterocycles. The number of aryl methyl sites for hydroxylation is 2. The summed E-state index contributed by atoms with van der Waals surface area (Å²) in [6.45, 7) is 4.43. The summed E-state index contributed by atoms with van der Waals surface area (Å²) in [5.41, 5.74) is 2.14. The zero-order valence-corrected chi connectivity index (χ0v) is 12.7. The maximum Gasteiger partial charge on any atom is 0.224 e. The van der Waals surface area contributed by atoms with E-state index in [9.17, 15) is 4.79 Å². The smallest absolute Gasteiger partial charge is 0.224 e. The first-order valence-electron chi connectivity index (χ1n) is 7.52. The van der Waals surface area contributed by atoms with Crippen LogP contribution in [0.15, 0.2) is 36.8 Å². The molecule has 3 rings (SSSR count). The van der Waals surface area contributed by atoms with Gasteiger partial charge in [0.15, 0.2) is 0 Å². The Morgan fingerprint density at radius 3 is 2.86 bits per heavy atom. The second-order valence-electron chi connectivity index (χ2n) is 5.43. The number of amides is 1. The van der Waals surface area contributed by atoms with Crippen LogP contribution in [0.3, 0.4) is 0 Å². The van der Waals surface area contributed by atoms with E-state index >= 15 is 0 Å². The maximum atomic E-state index is 12.4. The Balaban J connectivity index is 1.57. The van der Waals surface area contributed by atoms with Gasteiger partial charge in [-0.3, -0.25) is 14.5 Å². The fraction of sp³-hybridized carbons (Fsp3) is 0.438. The number of morpholine rings is 1. The Hall–Kier alpha value is -2.21. The van der Waals surface area contributed by atoms with E-state index in [0.29, 0.717) is 32.7 Å². The number of hydrogen-bond donors (Lipinski definition) is 0. The number of rotatable bonds is 4. The molecule has 0 saturated carbocycles. The number of aromatic nitrogens is 3. The van der Waals surface area contributed by atoms with E-state index in [1.54, 1.807) is 18.6 Å². The molecule has 6 heteroatoms. The lowest BCUT2D eigenvalue weighted by Crippen LogP contribution is -2.42. The van der Waals surface area contributed by atoms with Gasteiger partial charge in [-0.2, -0.15) is 5.10 Å². The molecule has 22 heavy (non-hydrogen) atoms. The molecular formula is C16H20N4O2. The fourth-order valence-corrected chi connectivity index (χ4v) is 2.65. The van der Waals surface area contributed by atoms with Crippen molar-refractivity contribution in [3.05, 3.63) is 48.0 Å². The average Bonchev–Trinajstić information content (AvgIpc) is 2.99. The fourth-order valence-electron chi connectivity index (χ4n) is 2.65. The van der Waals surface area contributed by atoms with Crippen LogP contribution >= 0.6 is 0 Å². The van der Waals surface area contributed by atoms with Gasteiger partial charge in [0, 0.05) is 43.8 Å². The molecule has 0 bridgehead atoms. The molecule has 0 spiro atoms. The number of carbonyl (C=O) groups excluding carboxylic acids is 1.